The second kappa shape index (κ2) is 6.01. The highest BCUT2D eigenvalue weighted by atomic mass is 32.2. The summed E-state index contributed by atoms with van der Waals surface area (Å²) >= 11 is 0. The molecule has 2 unspecified atom stereocenters. The molecule has 1 heterocycles. The van der Waals surface area contributed by atoms with E-state index < -0.39 is 9.84 Å². The van der Waals surface area contributed by atoms with Crippen molar-refractivity contribution in [3.63, 3.8) is 0 Å². The van der Waals surface area contributed by atoms with E-state index in [4.69, 9.17) is 9.47 Å². The normalized spacial score (nSPS) is 22.4. The Labute approximate surface area is 120 Å². The van der Waals surface area contributed by atoms with E-state index in [1.54, 1.807) is 7.11 Å². The third kappa shape index (κ3) is 3.43. The lowest BCUT2D eigenvalue weighted by Gasteiger charge is -2.17. The number of nitrogens with one attached hydrogen (secondary N) is 1. The molecule has 0 amide bonds. The molecule has 1 fully saturated rings. The van der Waals surface area contributed by atoms with Gasteiger partial charge in [-0.15, -0.1) is 0 Å². The second-order valence-electron chi connectivity index (χ2n) is 5.06. The smallest absolute Gasteiger partial charge is 0.161 e. The lowest BCUT2D eigenvalue weighted by molar-refractivity contribution is 0.218. The highest BCUT2D eigenvalue weighted by Gasteiger charge is 2.30. The van der Waals surface area contributed by atoms with Crippen molar-refractivity contribution < 1.29 is 17.9 Å². The minimum absolute atomic E-state index is 0.0881. The van der Waals surface area contributed by atoms with Crippen molar-refractivity contribution in [1.29, 1.82) is 0 Å². The molecule has 6 heteroatoms. The molecule has 0 bridgehead atoms. The maximum Gasteiger partial charge on any atom is 0.161 e. The maximum atomic E-state index is 11.4. The first kappa shape index (κ1) is 15.1. The van der Waals surface area contributed by atoms with Gasteiger partial charge in [0.15, 0.2) is 21.3 Å². The van der Waals surface area contributed by atoms with Crippen LogP contribution in [0.3, 0.4) is 0 Å². The van der Waals surface area contributed by atoms with Crippen LogP contribution < -0.4 is 14.8 Å². The van der Waals surface area contributed by atoms with Crippen molar-refractivity contribution in [2.75, 3.05) is 25.7 Å². The molecule has 0 saturated carbocycles. The van der Waals surface area contributed by atoms with Crippen LogP contribution in [0.5, 0.6) is 11.5 Å². The summed E-state index contributed by atoms with van der Waals surface area (Å²) in [6.45, 7) is 2.05. The van der Waals surface area contributed by atoms with Crippen LogP contribution in [-0.4, -0.2) is 40.2 Å². The molecule has 1 aliphatic rings. The summed E-state index contributed by atoms with van der Waals surface area (Å²) in [5.41, 5.74) is 1.09. The average molecular weight is 299 g/mol. The number of sulfone groups is 1. The van der Waals surface area contributed by atoms with Crippen molar-refractivity contribution in [2.45, 2.75) is 25.5 Å². The largest absolute Gasteiger partial charge is 0.493 e. The van der Waals surface area contributed by atoms with Crippen LogP contribution in [0.2, 0.25) is 0 Å². The molecule has 1 N–H and O–H groups in total. The predicted molar refractivity (Wildman–Crippen MR) is 78.2 cm³/mol. The van der Waals surface area contributed by atoms with Crippen molar-refractivity contribution in [3.05, 3.63) is 23.8 Å². The Morgan fingerprint density at radius 2 is 2.10 bits per heavy atom. The molecular weight excluding hydrogens is 278 g/mol. The van der Waals surface area contributed by atoms with Crippen molar-refractivity contribution in [1.82, 2.24) is 5.32 Å². The van der Waals surface area contributed by atoms with Crippen LogP contribution in [0.4, 0.5) is 0 Å². The van der Waals surface area contributed by atoms with E-state index in [0.717, 1.165) is 5.56 Å². The van der Waals surface area contributed by atoms with Gasteiger partial charge in [-0.25, -0.2) is 8.42 Å². The number of benzene rings is 1. The van der Waals surface area contributed by atoms with E-state index in [1.165, 1.54) is 0 Å². The maximum absolute atomic E-state index is 11.4. The van der Waals surface area contributed by atoms with Crippen LogP contribution in [0.25, 0.3) is 0 Å². The van der Waals surface area contributed by atoms with Gasteiger partial charge in [-0.3, -0.25) is 0 Å². The van der Waals surface area contributed by atoms with Crippen LogP contribution >= 0.6 is 0 Å². The molecule has 2 rings (SSSR count). The Kier molecular flexibility index (Phi) is 4.55. The van der Waals surface area contributed by atoms with E-state index in [2.05, 4.69) is 12.2 Å². The van der Waals surface area contributed by atoms with E-state index in [0.29, 0.717) is 17.9 Å². The van der Waals surface area contributed by atoms with Gasteiger partial charge in [0.1, 0.15) is 6.10 Å². The van der Waals surface area contributed by atoms with Gasteiger partial charge in [0.25, 0.3) is 0 Å². The number of methoxy groups -OCH3 is 1. The monoisotopic (exact) mass is 299 g/mol. The first-order chi connectivity index (χ1) is 9.45. The average Bonchev–Trinajstić information content (AvgIpc) is 2.77. The van der Waals surface area contributed by atoms with Gasteiger partial charge in [0.2, 0.25) is 0 Å². The molecule has 0 aliphatic carbocycles. The van der Waals surface area contributed by atoms with Gasteiger partial charge < -0.3 is 14.8 Å². The van der Waals surface area contributed by atoms with Crippen molar-refractivity contribution in [3.8, 4) is 11.5 Å². The molecule has 20 heavy (non-hydrogen) atoms. The van der Waals surface area contributed by atoms with E-state index in [9.17, 15) is 8.42 Å². The molecule has 1 aromatic rings. The minimum Gasteiger partial charge on any atom is -0.493 e. The van der Waals surface area contributed by atoms with E-state index >= 15 is 0 Å². The molecule has 2 atom stereocenters. The fourth-order valence-corrected chi connectivity index (χ4v) is 3.84. The van der Waals surface area contributed by atoms with Crippen LogP contribution in [0.1, 0.15) is 24.9 Å². The van der Waals surface area contributed by atoms with Gasteiger partial charge in [-0.1, -0.05) is 6.07 Å². The first-order valence-electron chi connectivity index (χ1n) is 6.67. The van der Waals surface area contributed by atoms with Gasteiger partial charge in [-0.05, 0) is 38.1 Å². The number of rotatable bonds is 5. The molecule has 0 spiro atoms. The summed E-state index contributed by atoms with van der Waals surface area (Å²) < 4.78 is 34.0. The van der Waals surface area contributed by atoms with Gasteiger partial charge in [0, 0.05) is 6.04 Å². The Morgan fingerprint density at radius 3 is 2.65 bits per heavy atom. The topological polar surface area (TPSA) is 64.6 Å². The summed E-state index contributed by atoms with van der Waals surface area (Å²) in [6, 6.07) is 5.93. The SMILES string of the molecule is CNC(C)c1ccc(OC2CCS(=O)(=O)C2)c(OC)c1. The number of ether oxygens (including phenoxy) is 2. The number of hydrogen-bond donors (Lipinski definition) is 1. The minimum atomic E-state index is -2.94. The lowest BCUT2D eigenvalue weighted by atomic mass is 10.1. The molecule has 1 saturated heterocycles. The Bertz CT molecular complexity index is 571. The fourth-order valence-electron chi connectivity index (χ4n) is 2.25. The molecule has 5 nitrogen and oxygen atoms in total. The summed E-state index contributed by atoms with van der Waals surface area (Å²) in [5, 5.41) is 3.16. The highest BCUT2D eigenvalue weighted by molar-refractivity contribution is 7.91. The molecule has 0 aromatic heterocycles. The summed E-state index contributed by atoms with van der Waals surface area (Å²) in [4.78, 5) is 0. The zero-order valence-electron chi connectivity index (χ0n) is 12.0. The molecule has 1 aromatic carbocycles. The van der Waals surface area contributed by atoms with Gasteiger partial charge >= 0.3 is 0 Å². The Balaban J connectivity index is 2.16. The van der Waals surface area contributed by atoms with Gasteiger partial charge in [0.05, 0.1) is 18.6 Å². The highest BCUT2D eigenvalue weighted by Crippen LogP contribution is 2.32. The Morgan fingerprint density at radius 1 is 1.35 bits per heavy atom. The van der Waals surface area contributed by atoms with Crippen LogP contribution in [0.15, 0.2) is 18.2 Å². The summed E-state index contributed by atoms with van der Waals surface area (Å²) in [6.07, 6.45) is 0.265. The standard InChI is InChI=1S/C14H21NO4S/c1-10(15-2)11-4-5-13(14(8-11)18-3)19-12-6-7-20(16,17)9-12/h4-5,8,10,12,15H,6-7,9H2,1-3H3. The fraction of sp³-hybridized carbons (Fsp3) is 0.571. The third-order valence-electron chi connectivity index (χ3n) is 3.60. The molecule has 112 valence electrons. The summed E-state index contributed by atoms with van der Waals surface area (Å²) in [5.74, 6) is 1.52. The zero-order chi connectivity index (χ0) is 14.8. The predicted octanol–water partition coefficient (Wildman–Crippen LogP) is 1.54. The number of hydrogen-bond acceptors (Lipinski definition) is 5. The molecule has 1 aliphatic heterocycles. The van der Waals surface area contributed by atoms with Crippen molar-refractivity contribution >= 4 is 9.84 Å². The second-order valence-corrected chi connectivity index (χ2v) is 7.29. The van der Waals surface area contributed by atoms with E-state index in [1.807, 2.05) is 25.2 Å². The van der Waals surface area contributed by atoms with Crippen LogP contribution in [0, 0.1) is 0 Å². The van der Waals surface area contributed by atoms with Gasteiger partial charge in [-0.2, -0.15) is 0 Å². The molecule has 0 radical (unpaired) electrons. The van der Waals surface area contributed by atoms with Crippen molar-refractivity contribution in [2.24, 2.45) is 0 Å². The Hall–Kier alpha value is -1.27. The lowest BCUT2D eigenvalue weighted by Crippen LogP contribution is -2.18. The quantitative estimate of drug-likeness (QED) is 0.893. The molecular formula is C14H21NO4S. The summed E-state index contributed by atoms with van der Waals surface area (Å²) in [7, 11) is 0.542. The zero-order valence-corrected chi connectivity index (χ0v) is 12.9. The first-order valence-corrected chi connectivity index (χ1v) is 8.49. The third-order valence-corrected chi connectivity index (χ3v) is 5.34. The van der Waals surface area contributed by atoms with Crippen LogP contribution in [-0.2, 0) is 9.84 Å². The van der Waals surface area contributed by atoms with E-state index in [-0.39, 0.29) is 23.7 Å².